The Bertz CT molecular complexity index is 359. The first-order chi connectivity index (χ1) is 7.15. The van der Waals surface area contributed by atoms with E-state index >= 15 is 0 Å². The van der Waals surface area contributed by atoms with Crippen LogP contribution in [0.4, 0.5) is 0 Å². The van der Waals surface area contributed by atoms with Crippen LogP contribution in [0.1, 0.15) is 12.5 Å². The molecule has 2 radical (unpaired) electrons. The minimum Gasteiger partial charge on any atom is -0.497 e. The normalized spacial score (nSPS) is 19.1. The van der Waals surface area contributed by atoms with Crippen LogP contribution < -0.4 is 10.2 Å². The van der Waals surface area contributed by atoms with Crippen LogP contribution in [0.3, 0.4) is 0 Å². The van der Waals surface area contributed by atoms with Gasteiger partial charge in [-0.3, -0.25) is 0 Å². The molecule has 0 bridgehead atoms. The monoisotopic (exact) mass is 204 g/mol. The van der Waals surface area contributed by atoms with Crippen molar-refractivity contribution in [3.05, 3.63) is 23.8 Å². The summed E-state index contributed by atoms with van der Waals surface area (Å²) in [5.74, 6) is 0.0121. The molecule has 0 N–H and O–H groups in total. The van der Waals surface area contributed by atoms with Gasteiger partial charge in [0, 0.05) is 5.56 Å². The molecule has 0 unspecified atom stereocenters. The van der Waals surface area contributed by atoms with Gasteiger partial charge >= 0.3 is 0 Å². The molecule has 1 aliphatic rings. The summed E-state index contributed by atoms with van der Waals surface area (Å²) >= 11 is 0. The van der Waals surface area contributed by atoms with Crippen molar-refractivity contribution in [1.82, 2.24) is 0 Å². The second kappa shape index (κ2) is 3.87. The van der Waals surface area contributed by atoms with Gasteiger partial charge < -0.3 is 14.2 Å². The Morgan fingerprint density at radius 2 is 2.00 bits per heavy atom. The first-order valence-corrected chi connectivity index (χ1v) is 4.87. The van der Waals surface area contributed by atoms with Crippen molar-refractivity contribution in [2.75, 3.05) is 20.3 Å². The second-order valence-electron chi connectivity index (χ2n) is 3.60. The number of hydrogen-bond acceptors (Lipinski definition) is 3. The fourth-order valence-electron chi connectivity index (χ4n) is 1.73. The summed E-state index contributed by atoms with van der Waals surface area (Å²) in [6.07, 6.45) is 0. The SMILES string of the molecule is [B]c1ccc(OC)cc1C1(C)OCCO1. The van der Waals surface area contributed by atoms with E-state index in [9.17, 15) is 0 Å². The first-order valence-electron chi connectivity index (χ1n) is 4.87. The van der Waals surface area contributed by atoms with E-state index in [2.05, 4.69) is 0 Å². The van der Waals surface area contributed by atoms with Crippen molar-refractivity contribution >= 4 is 13.3 Å². The molecular formula is C11H13BO3. The first kappa shape index (κ1) is 10.5. The predicted molar refractivity (Wildman–Crippen MR) is 57.6 cm³/mol. The van der Waals surface area contributed by atoms with Crippen molar-refractivity contribution in [3.8, 4) is 5.75 Å². The van der Waals surface area contributed by atoms with E-state index in [-0.39, 0.29) is 0 Å². The Kier molecular flexibility index (Phi) is 2.71. The molecule has 3 nitrogen and oxygen atoms in total. The zero-order valence-electron chi connectivity index (χ0n) is 8.95. The van der Waals surface area contributed by atoms with E-state index in [0.29, 0.717) is 18.7 Å². The van der Waals surface area contributed by atoms with Crippen LogP contribution in [0.2, 0.25) is 0 Å². The van der Waals surface area contributed by atoms with Gasteiger partial charge in [0.1, 0.15) is 13.6 Å². The Morgan fingerprint density at radius 1 is 1.33 bits per heavy atom. The van der Waals surface area contributed by atoms with Crippen molar-refractivity contribution in [1.29, 1.82) is 0 Å². The highest BCUT2D eigenvalue weighted by Gasteiger charge is 2.34. The highest BCUT2D eigenvalue weighted by molar-refractivity contribution is 6.33. The summed E-state index contributed by atoms with van der Waals surface area (Å²) in [6.45, 7) is 3.05. The van der Waals surface area contributed by atoms with Crippen LogP contribution in [0.5, 0.6) is 5.75 Å². The van der Waals surface area contributed by atoms with Crippen LogP contribution >= 0.6 is 0 Å². The highest BCUT2D eigenvalue weighted by Crippen LogP contribution is 2.31. The fraction of sp³-hybridized carbons (Fsp3) is 0.455. The lowest BCUT2D eigenvalue weighted by molar-refractivity contribution is -0.149. The third-order valence-electron chi connectivity index (χ3n) is 2.59. The van der Waals surface area contributed by atoms with Crippen molar-refractivity contribution < 1.29 is 14.2 Å². The van der Waals surface area contributed by atoms with E-state index in [1.165, 1.54) is 0 Å². The molecule has 1 saturated heterocycles. The molecule has 0 spiro atoms. The summed E-state index contributed by atoms with van der Waals surface area (Å²) in [5, 5.41) is 0. The van der Waals surface area contributed by atoms with Gasteiger partial charge in [0.05, 0.1) is 20.3 Å². The Morgan fingerprint density at radius 3 is 2.60 bits per heavy atom. The molecule has 15 heavy (non-hydrogen) atoms. The molecular weight excluding hydrogens is 191 g/mol. The predicted octanol–water partition coefficient (Wildman–Crippen LogP) is 0.708. The number of rotatable bonds is 2. The van der Waals surface area contributed by atoms with Crippen LogP contribution in [0.15, 0.2) is 18.2 Å². The van der Waals surface area contributed by atoms with Gasteiger partial charge in [-0.25, -0.2) is 0 Å². The largest absolute Gasteiger partial charge is 0.497 e. The van der Waals surface area contributed by atoms with Gasteiger partial charge in [-0.15, -0.1) is 0 Å². The van der Waals surface area contributed by atoms with Gasteiger partial charge in [0.15, 0.2) is 5.79 Å². The third-order valence-corrected chi connectivity index (χ3v) is 2.59. The van der Waals surface area contributed by atoms with Crippen LogP contribution in [0.25, 0.3) is 0 Å². The summed E-state index contributed by atoms with van der Waals surface area (Å²) in [7, 11) is 7.51. The Labute approximate surface area is 90.7 Å². The summed E-state index contributed by atoms with van der Waals surface area (Å²) in [4.78, 5) is 0. The lowest BCUT2D eigenvalue weighted by Gasteiger charge is -2.25. The number of hydrogen-bond donors (Lipinski definition) is 0. The maximum absolute atomic E-state index is 5.89. The van der Waals surface area contributed by atoms with Gasteiger partial charge in [-0.05, 0) is 19.1 Å². The zero-order chi connectivity index (χ0) is 10.9. The quantitative estimate of drug-likeness (QED) is 0.664. The number of methoxy groups -OCH3 is 1. The van der Waals surface area contributed by atoms with Crippen LogP contribution in [0, 0.1) is 0 Å². The molecule has 2 rings (SSSR count). The van der Waals surface area contributed by atoms with Gasteiger partial charge in [-0.1, -0.05) is 11.5 Å². The van der Waals surface area contributed by atoms with Gasteiger partial charge in [0.25, 0.3) is 0 Å². The average Bonchev–Trinajstić information content (AvgIpc) is 2.67. The third kappa shape index (κ3) is 1.87. The standard InChI is InChI=1S/C11H13BO3/c1-11(14-5-6-15-11)9-7-8(13-2)3-4-10(9)12/h3-4,7H,5-6H2,1-2H3. The molecule has 1 fully saturated rings. The molecule has 1 aromatic carbocycles. The Balaban J connectivity index is 2.41. The second-order valence-corrected chi connectivity index (χ2v) is 3.60. The molecule has 0 aliphatic carbocycles. The summed E-state index contributed by atoms with van der Waals surface area (Å²) < 4.78 is 16.2. The van der Waals surface area contributed by atoms with Crippen molar-refractivity contribution in [3.63, 3.8) is 0 Å². The van der Waals surface area contributed by atoms with Gasteiger partial charge in [0.2, 0.25) is 0 Å². The highest BCUT2D eigenvalue weighted by atomic mass is 16.7. The van der Waals surface area contributed by atoms with E-state index in [0.717, 1.165) is 11.3 Å². The smallest absolute Gasteiger partial charge is 0.191 e. The number of ether oxygens (including phenoxy) is 3. The summed E-state index contributed by atoms with van der Waals surface area (Å²) in [6, 6.07) is 5.46. The van der Waals surface area contributed by atoms with E-state index in [1.807, 2.05) is 19.1 Å². The molecule has 0 saturated carbocycles. The van der Waals surface area contributed by atoms with Crippen molar-refractivity contribution in [2.24, 2.45) is 0 Å². The molecule has 0 aromatic heterocycles. The van der Waals surface area contributed by atoms with Gasteiger partial charge in [-0.2, -0.15) is 0 Å². The minimum absolute atomic E-state index is 0.590. The minimum atomic E-state index is -0.737. The maximum atomic E-state index is 5.89. The molecule has 0 atom stereocenters. The van der Waals surface area contributed by atoms with Crippen LogP contribution in [-0.4, -0.2) is 28.2 Å². The maximum Gasteiger partial charge on any atom is 0.191 e. The van der Waals surface area contributed by atoms with E-state index < -0.39 is 5.79 Å². The summed E-state index contributed by atoms with van der Waals surface area (Å²) in [5.41, 5.74) is 1.47. The average molecular weight is 204 g/mol. The lowest BCUT2D eigenvalue weighted by Crippen LogP contribution is -2.29. The molecule has 78 valence electrons. The molecule has 0 amide bonds. The van der Waals surface area contributed by atoms with Crippen LogP contribution in [-0.2, 0) is 15.3 Å². The number of benzene rings is 1. The zero-order valence-corrected chi connectivity index (χ0v) is 8.95. The lowest BCUT2D eigenvalue weighted by atomic mass is 9.87. The molecule has 1 aliphatic heterocycles. The molecule has 1 heterocycles. The Hall–Kier alpha value is -0.995. The van der Waals surface area contributed by atoms with E-state index in [1.54, 1.807) is 13.2 Å². The molecule has 1 aromatic rings. The van der Waals surface area contributed by atoms with E-state index in [4.69, 9.17) is 22.1 Å². The van der Waals surface area contributed by atoms with Crippen molar-refractivity contribution in [2.45, 2.75) is 12.7 Å². The topological polar surface area (TPSA) is 27.7 Å². The molecule has 4 heteroatoms. The fourth-order valence-corrected chi connectivity index (χ4v) is 1.73.